The molecule has 1 amide bonds. The quantitative estimate of drug-likeness (QED) is 0.685. The second kappa shape index (κ2) is 8.55. The molecule has 30 heavy (non-hydrogen) atoms. The van der Waals surface area contributed by atoms with Gasteiger partial charge in [0.05, 0.1) is 12.7 Å². The minimum absolute atomic E-state index is 0.367. The van der Waals surface area contributed by atoms with E-state index in [9.17, 15) is 4.79 Å². The number of ether oxygens (including phenoxy) is 1. The number of hydrogen-bond acceptors (Lipinski definition) is 5. The van der Waals surface area contributed by atoms with E-state index in [1.165, 1.54) is 12.8 Å². The molecule has 0 atom stereocenters. The molecule has 1 fully saturated rings. The largest absolute Gasteiger partial charge is 0.496 e. The van der Waals surface area contributed by atoms with Crippen LogP contribution in [0.5, 0.6) is 5.75 Å². The van der Waals surface area contributed by atoms with Crippen LogP contribution in [-0.2, 0) is 0 Å². The van der Waals surface area contributed by atoms with Crippen molar-refractivity contribution in [1.29, 1.82) is 0 Å². The number of nitrogens with two attached hydrogens (primary N) is 1. The highest BCUT2D eigenvalue weighted by atomic mass is 16.5. The summed E-state index contributed by atoms with van der Waals surface area (Å²) >= 11 is 0. The molecule has 0 aliphatic carbocycles. The fraction of sp³-hybridized carbons (Fsp3) is 0.250. The number of carbonyl (C=O) groups excluding carboxylic acids is 1. The third kappa shape index (κ3) is 3.86. The fourth-order valence-electron chi connectivity index (χ4n) is 3.94. The SMILES string of the molecule is COc1cc(-c2cncc(-c3ccc(N4CCNCC4)cc3)c2C)ccc1C(N)=O. The predicted molar refractivity (Wildman–Crippen MR) is 120 cm³/mol. The number of nitrogens with one attached hydrogen (secondary N) is 1. The minimum atomic E-state index is -0.508. The second-order valence-electron chi connectivity index (χ2n) is 7.42. The van der Waals surface area contributed by atoms with Crippen LogP contribution in [0.4, 0.5) is 5.69 Å². The van der Waals surface area contributed by atoms with Gasteiger partial charge >= 0.3 is 0 Å². The van der Waals surface area contributed by atoms with Gasteiger partial charge in [0.15, 0.2) is 0 Å². The summed E-state index contributed by atoms with van der Waals surface area (Å²) < 4.78 is 5.36. The highest BCUT2D eigenvalue weighted by Gasteiger charge is 2.15. The van der Waals surface area contributed by atoms with Crippen LogP contribution in [0.3, 0.4) is 0 Å². The number of hydrogen-bond donors (Lipinski definition) is 2. The van der Waals surface area contributed by atoms with Gasteiger partial charge in [0.2, 0.25) is 0 Å². The Kier molecular flexibility index (Phi) is 5.68. The summed E-state index contributed by atoms with van der Waals surface area (Å²) in [5.74, 6) is -0.0447. The number of methoxy groups -OCH3 is 1. The van der Waals surface area contributed by atoms with Crippen molar-refractivity contribution in [2.24, 2.45) is 5.73 Å². The van der Waals surface area contributed by atoms with Gasteiger partial charge in [-0.05, 0) is 47.9 Å². The smallest absolute Gasteiger partial charge is 0.252 e. The Balaban J connectivity index is 1.67. The molecule has 2 heterocycles. The number of rotatable bonds is 5. The monoisotopic (exact) mass is 402 g/mol. The van der Waals surface area contributed by atoms with Gasteiger partial charge < -0.3 is 20.7 Å². The van der Waals surface area contributed by atoms with Crippen molar-refractivity contribution in [3.05, 3.63) is 66.0 Å². The van der Waals surface area contributed by atoms with Gasteiger partial charge in [0.1, 0.15) is 5.75 Å². The van der Waals surface area contributed by atoms with Gasteiger partial charge in [0.25, 0.3) is 5.91 Å². The first kappa shape index (κ1) is 19.9. The summed E-state index contributed by atoms with van der Waals surface area (Å²) in [7, 11) is 1.53. The van der Waals surface area contributed by atoms with E-state index in [2.05, 4.69) is 46.4 Å². The number of anilines is 1. The maximum atomic E-state index is 11.6. The Bertz CT molecular complexity index is 1060. The maximum absolute atomic E-state index is 11.6. The third-order valence-electron chi connectivity index (χ3n) is 5.65. The van der Waals surface area contributed by atoms with Crippen molar-refractivity contribution in [2.45, 2.75) is 6.92 Å². The van der Waals surface area contributed by atoms with Gasteiger partial charge in [-0.3, -0.25) is 9.78 Å². The lowest BCUT2D eigenvalue weighted by molar-refractivity contribution is 0.0997. The topological polar surface area (TPSA) is 80.5 Å². The molecule has 0 unspecified atom stereocenters. The van der Waals surface area contributed by atoms with Crippen molar-refractivity contribution in [3.63, 3.8) is 0 Å². The van der Waals surface area contributed by atoms with Crippen LogP contribution in [0.2, 0.25) is 0 Å². The summed E-state index contributed by atoms with van der Waals surface area (Å²) in [6.07, 6.45) is 3.74. The zero-order chi connectivity index (χ0) is 21.1. The van der Waals surface area contributed by atoms with Crippen molar-refractivity contribution >= 4 is 11.6 Å². The summed E-state index contributed by atoms with van der Waals surface area (Å²) in [5, 5.41) is 3.38. The lowest BCUT2D eigenvalue weighted by Gasteiger charge is -2.29. The van der Waals surface area contributed by atoms with Crippen LogP contribution in [0.15, 0.2) is 54.9 Å². The molecule has 3 N–H and O–H groups in total. The van der Waals surface area contributed by atoms with E-state index in [0.717, 1.165) is 54.0 Å². The van der Waals surface area contributed by atoms with Crippen molar-refractivity contribution in [1.82, 2.24) is 10.3 Å². The molecule has 2 aromatic carbocycles. The molecule has 6 nitrogen and oxygen atoms in total. The third-order valence-corrected chi connectivity index (χ3v) is 5.65. The normalized spacial score (nSPS) is 13.9. The first-order chi connectivity index (χ1) is 14.6. The lowest BCUT2D eigenvalue weighted by Crippen LogP contribution is -2.43. The predicted octanol–water partition coefficient (Wildman–Crippen LogP) is 3.24. The van der Waals surface area contributed by atoms with Crippen LogP contribution < -0.4 is 20.7 Å². The number of aromatic nitrogens is 1. The Labute approximate surface area is 176 Å². The molecule has 6 heteroatoms. The molecule has 0 saturated carbocycles. The summed E-state index contributed by atoms with van der Waals surface area (Å²) in [6.45, 7) is 6.18. The fourth-order valence-corrected chi connectivity index (χ4v) is 3.94. The van der Waals surface area contributed by atoms with E-state index >= 15 is 0 Å². The Morgan fingerprint density at radius 3 is 2.30 bits per heavy atom. The average Bonchev–Trinajstić information content (AvgIpc) is 2.79. The molecule has 1 aliphatic heterocycles. The second-order valence-corrected chi connectivity index (χ2v) is 7.42. The zero-order valence-electron chi connectivity index (χ0n) is 17.3. The van der Waals surface area contributed by atoms with E-state index < -0.39 is 5.91 Å². The van der Waals surface area contributed by atoms with Crippen LogP contribution in [0.25, 0.3) is 22.3 Å². The highest BCUT2D eigenvalue weighted by molar-refractivity contribution is 5.96. The standard InChI is InChI=1S/C24H26N4O2/c1-16-21(17-3-6-19(7-4-17)28-11-9-26-10-12-28)14-27-15-22(16)18-5-8-20(24(25)29)23(13-18)30-2/h3-8,13-15,26H,9-12H2,1-2H3,(H2,25,29). The first-order valence-electron chi connectivity index (χ1n) is 10.1. The van der Waals surface area contributed by atoms with Gasteiger partial charge in [-0.2, -0.15) is 0 Å². The number of primary amides is 1. The molecule has 0 radical (unpaired) electrons. The van der Waals surface area contributed by atoms with Crippen LogP contribution in [0, 0.1) is 6.92 Å². The molecule has 3 aromatic rings. The number of pyridine rings is 1. The molecule has 1 aliphatic rings. The van der Waals surface area contributed by atoms with E-state index in [4.69, 9.17) is 10.5 Å². The van der Waals surface area contributed by atoms with Crippen molar-refractivity contribution < 1.29 is 9.53 Å². The molecule has 1 saturated heterocycles. The molecular weight excluding hydrogens is 376 g/mol. The van der Waals surface area contributed by atoms with Gasteiger partial charge in [-0.25, -0.2) is 0 Å². The Morgan fingerprint density at radius 2 is 1.67 bits per heavy atom. The van der Waals surface area contributed by atoms with Crippen LogP contribution in [0.1, 0.15) is 15.9 Å². The van der Waals surface area contributed by atoms with Crippen LogP contribution >= 0.6 is 0 Å². The first-order valence-corrected chi connectivity index (χ1v) is 10.1. The number of carbonyl (C=O) groups is 1. The number of amides is 1. The zero-order valence-corrected chi connectivity index (χ0v) is 17.3. The minimum Gasteiger partial charge on any atom is -0.496 e. The molecule has 154 valence electrons. The number of nitrogens with zero attached hydrogens (tertiary/aromatic N) is 2. The van der Waals surface area contributed by atoms with E-state index in [1.54, 1.807) is 6.07 Å². The average molecular weight is 402 g/mol. The van der Waals surface area contributed by atoms with Crippen LogP contribution in [-0.4, -0.2) is 44.2 Å². The summed E-state index contributed by atoms with van der Waals surface area (Å²) in [5.41, 5.74) is 12.3. The lowest BCUT2D eigenvalue weighted by atomic mass is 9.94. The van der Waals surface area contributed by atoms with Crippen molar-refractivity contribution in [3.8, 4) is 28.0 Å². The molecule has 0 spiro atoms. The van der Waals surface area contributed by atoms with Gasteiger partial charge in [0, 0.05) is 55.4 Å². The number of piperazine rings is 1. The maximum Gasteiger partial charge on any atom is 0.252 e. The highest BCUT2D eigenvalue weighted by Crippen LogP contribution is 2.34. The molecule has 1 aromatic heterocycles. The summed E-state index contributed by atoms with van der Waals surface area (Å²) in [4.78, 5) is 18.5. The van der Waals surface area contributed by atoms with Gasteiger partial charge in [-0.15, -0.1) is 0 Å². The van der Waals surface area contributed by atoms with E-state index in [0.29, 0.717) is 11.3 Å². The van der Waals surface area contributed by atoms with E-state index in [-0.39, 0.29) is 0 Å². The van der Waals surface area contributed by atoms with E-state index in [1.807, 2.05) is 24.5 Å². The molecule has 4 rings (SSSR count). The Morgan fingerprint density at radius 1 is 1.03 bits per heavy atom. The number of benzene rings is 2. The van der Waals surface area contributed by atoms with Gasteiger partial charge in [-0.1, -0.05) is 18.2 Å². The van der Waals surface area contributed by atoms with Crippen molar-refractivity contribution in [2.75, 3.05) is 38.2 Å². The summed E-state index contributed by atoms with van der Waals surface area (Å²) in [6, 6.07) is 14.1. The molecular formula is C24H26N4O2. The molecule has 0 bridgehead atoms. The Hall–Kier alpha value is -3.38.